The van der Waals surface area contributed by atoms with Crippen LogP contribution in [-0.2, 0) is 10.0 Å². The van der Waals surface area contributed by atoms with Crippen molar-refractivity contribution in [3.63, 3.8) is 0 Å². The van der Waals surface area contributed by atoms with Crippen molar-refractivity contribution in [3.05, 3.63) is 18.2 Å². The van der Waals surface area contributed by atoms with Gasteiger partial charge in [0.25, 0.3) is 0 Å². The van der Waals surface area contributed by atoms with E-state index in [1.54, 1.807) is 12.1 Å². The SMILES string of the molecule is CNS(=O)(=O)c1ccc(NCC2(C3CC3)CC2)c(N)c1. The predicted octanol–water partition coefficient (Wildman–Crippen LogP) is 1.78. The number of hydrogen-bond donors (Lipinski definition) is 3. The minimum absolute atomic E-state index is 0.200. The molecule has 0 aliphatic heterocycles. The van der Waals surface area contributed by atoms with Crippen molar-refractivity contribution in [2.45, 2.75) is 30.6 Å². The summed E-state index contributed by atoms with van der Waals surface area (Å²) in [5.74, 6) is 0.889. The van der Waals surface area contributed by atoms with Crippen molar-refractivity contribution in [3.8, 4) is 0 Å². The minimum Gasteiger partial charge on any atom is -0.397 e. The van der Waals surface area contributed by atoms with Crippen molar-refractivity contribution < 1.29 is 8.42 Å². The summed E-state index contributed by atoms with van der Waals surface area (Å²) in [5, 5.41) is 3.39. The van der Waals surface area contributed by atoms with Crippen LogP contribution in [-0.4, -0.2) is 22.0 Å². The van der Waals surface area contributed by atoms with Crippen molar-refractivity contribution in [1.82, 2.24) is 4.72 Å². The van der Waals surface area contributed by atoms with Gasteiger partial charge in [0.05, 0.1) is 16.3 Å². The molecule has 1 aromatic rings. The lowest BCUT2D eigenvalue weighted by molar-refractivity contribution is 0.467. The number of nitrogens with one attached hydrogen (secondary N) is 2. The number of benzene rings is 1. The molecule has 0 heterocycles. The maximum absolute atomic E-state index is 11.7. The molecule has 0 saturated heterocycles. The van der Waals surface area contributed by atoms with Crippen LogP contribution in [0.1, 0.15) is 25.7 Å². The van der Waals surface area contributed by atoms with E-state index in [0.717, 1.165) is 18.2 Å². The lowest BCUT2D eigenvalue weighted by atomic mass is 10.0. The number of sulfonamides is 1. The Morgan fingerprint density at radius 1 is 1.35 bits per heavy atom. The molecule has 0 atom stereocenters. The maximum Gasteiger partial charge on any atom is 0.240 e. The molecule has 0 spiro atoms. The van der Waals surface area contributed by atoms with E-state index in [1.807, 2.05) is 0 Å². The molecule has 4 N–H and O–H groups in total. The van der Waals surface area contributed by atoms with E-state index >= 15 is 0 Å². The molecule has 2 aliphatic rings. The molecule has 3 rings (SSSR count). The minimum atomic E-state index is -3.43. The zero-order chi connectivity index (χ0) is 14.4. The summed E-state index contributed by atoms with van der Waals surface area (Å²) in [7, 11) is -2.04. The Kier molecular flexibility index (Phi) is 3.17. The third-order valence-corrected chi connectivity index (χ3v) is 5.98. The normalized spacial score (nSPS) is 20.6. The molecule has 6 heteroatoms. The summed E-state index contributed by atoms with van der Waals surface area (Å²) in [6, 6.07) is 4.84. The number of rotatable bonds is 6. The molecule has 110 valence electrons. The standard InChI is InChI=1S/C14H21N3O2S/c1-16-20(18,19)11-4-5-13(12(15)8-11)17-9-14(6-7-14)10-2-3-10/h4-5,8,10,16-17H,2-3,6-7,9,15H2,1H3. The first-order valence-corrected chi connectivity index (χ1v) is 8.52. The molecule has 0 amide bonds. The average molecular weight is 295 g/mol. The van der Waals surface area contributed by atoms with Crippen LogP contribution < -0.4 is 15.8 Å². The van der Waals surface area contributed by atoms with Crippen molar-refractivity contribution >= 4 is 21.4 Å². The Bertz CT molecular complexity index is 619. The van der Waals surface area contributed by atoms with E-state index < -0.39 is 10.0 Å². The average Bonchev–Trinajstić information content (AvgIpc) is 3.28. The summed E-state index contributed by atoms with van der Waals surface area (Å²) in [4.78, 5) is 0.200. The predicted molar refractivity (Wildman–Crippen MR) is 80.0 cm³/mol. The first kappa shape index (κ1) is 13.7. The second kappa shape index (κ2) is 4.63. The maximum atomic E-state index is 11.7. The Morgan fingerprint density at radius 3 is 2.55 bits per heavy atom. The fourth-order valence-electron chi connectivity index (χ4n) is 2.84. The number of hydrogen-bond acceptors (Lipinski definition) is 4. The molecule has 0 radical (unpaired) electrons. The lowest BCUT2D eigenvalue weighted by Gasteiger charge is -2.17. The highest BCUT2D eigenvalue weighted by Gasteiger charge is 2.53. The van der Waals surface area contributed by atoms with Gasteiger partial charge >= 0.3 is 0 Å². The number of anilines is 2. The summed E-state index contributed by atoms with van der Waals surface area (Å²) in [6.07, 6.45) is 5.32. The Balaban J connectivity index is 1.71. The van der Waals surface area contributed by atoms with Gasteiger partial charge in [-0.1, -0.05) is 0 Å². The highest BCUT2D eigenvalue weighted by molar-refractivity contribution is 7.89. The highest BCUT2D eigenvalue weighted by Crippen LogP contribution is 2.61. The van der Waals surface area contributed by atoms with Gasteiger partial charge in [0.1, 0.15) is 0 Å². The van der Waals surface area contributed by atoms with E-state index in [1.165, 1.54) is 38.8 Å². The van der Waals surface area contributed by atoms with Crippen molar-refractivity contribution in [1.29, 1.82) is 0 Å². The van der Waals surface area contributed by atoms with Gasteiger partial charge in [-0.3, -0.25) is 0 Å². The van der Waals surface area contributed by atoms with Crippen LogP contribution in [0.3, 0.4) is 0 Å². The van der Waals surface area contributed by atoms with Crippen molar-refractivity contribution in [2.24, 2.45) is 11.3 Å². The molecular formula is C14H21N3O2S. The van der Waals surface area contributed by atoms with Crippen LogP contribution in [0.15, 0.2) is 23.1 Å². The van der Waals surface area contributed by atoms with Gasteiger partial charge in [0.2, 0.25) is 10.0 Å². The Morgan fingerprint density at radius 2 is 2.05 bits per heavy atom. The zero-order valence-corrected chi connectivity index (χ0v) is 12.5. The summed E-state index contributed by atoms with van der Waals surface area (Å²) >= 11 is 0. The van der Waals surface area contributed by atoms with Gasteiger partial charge in [-0.2, -0.15) is 0 Å². The van der Waals surface area contributed by atoms with Gasteiger partial charge in [0, 0.05) is 6.54 Å². The smallest absolute Gasteiger partial charge is 0.240 e. The van der Waals surface area contributed by atoms with E-state index in [-0.39, 0.29) is 4.90 Å². The fraction of sp³-hybridized carbons (Fsp3) is 0.571. The topological polar surface area (TPSA) is 84.2 Å². The second-order valence-electron chi connectivity index (χ2n) is 5.95. The van der Waals surface area contributed by atoms with E-state index in [2.05, 4.69) is 10.0 Å². The van der Waals surface area contributed by atoms with Crippen LogP contribution in [0.5, 0.6) is 0 Å². The molecule has 2 fully saturated rings. The first-order chi connectivity index (χ1) is 9.47. The molecule has 1 aromatic carbocycles. The third-order valence-electron chi connectivity index (χ3n) is 4.57. The molecule has 0 unspecified atom stereocenters. The van der Waals surface area contributed by atoms with E-state index in [0.29, 0.717) is 11.1 Å². The summed E-state index contributed by atoms with van der Waals surface area (Å²) in [5.41, 5.74) is 7.75. The van der Waals surface area contributed by atoms with Crippen LogP contribution in [0.25, 0.3) is 0 Å². The molecule has 2 aliphatic carbocycles. The quantitative estimate of drug-likeness (QED) is 0.698. The fourth-order valence-corrected chi connectivity index (χ4v) is 3.61. The molecular weight excluding hydrogens is 274 g/mol. The second-order valence-corrected chi connectivity index (χ2v) is 7.83. The van der Waals surface area contributed by atoms with Crippen LogP contribution in [0.4, 0.5) is 11.4 Å². The molecule has 20 heavy (non-hydrogen) atoms. The van der Waals surface area contributed by atoms with Gasteiger partial charge in [0.15, 0.2) is 0 Å². The zero-order valence-electron chi connectivity index (χ0n) is 11.6. The molecule has 5 nitrogen and oxygen atoms in total. The lowest BCUT2D eigenvalue weighted by Crippen LogP contribution is -2.20. The van der Waals surface area contributed by atoms with Crippen LogP contribution in [0, 0.1) is 11.3 Å². The van der Waals surface area contributed by atoms with Gasteiger partial charge in [-0.15, -0.1) is 0 Å². The molecule has 2 saturated carbocycles. The highest BCUT2D eigenvalue weighted by atomic mass is 32.2. The number of nitrogens with two attached hydrogens (primary N) is 1. The van der Waals surface area contributed by atoms with Crippen LogP contribution in [0.2, 0.25) is 0 Å². The third kappa shape index (κ3) is 2.50. The van der Waals surface area contributed by atoms with E-state index in [9.17, 15) is 8.42 Å². The van der Waals surface area contributed by atoms with Crippen molar-refractivity contribution in [2.75, 3.05) is 24.6 Å². The summed E-state index contributed by atoms with van der Waals surface area (Å²) in [6.45, 7) is 0.944. The Hall–Kier alpha value is -1.27. The largest absolute Gasteiger partial charge is 0.397 e. The number of nitrogen functional groups attached to an aromatic ring is 1. The first-order valence-electron chi connectivity index (χ1n) is 7.04. The van der Waals surface area contributed by atoms with Gasteiger partial charge < -0.3 is 11.1 Å². The summed E-state index contributed by atoms with van der Waals surface area (Å²) < 4.78 is 25.7. The molecule has 0 aromatic heterocycles. The van der Waals surface area contributed by atoms with Gasteiger partial charge in [-0.05, 0) is 62.3 Å². The van der Waals surface area contributed by atoms with Gasteiger partial charge in [-0.25, -0.2) is 13.1 Å². The molecule has 0 bridgehead atoms. The van der Waals surface area contributed by atoms with Crippen LogP contribution >= 0.6 is 0 Å². The Labute approximate surface area is 120 Å². The monoisotopic (exact) mass is 295 g/mol. The van der Waals surface area contributed by atoms with E-state index in [4.69, 9.17) is 5.73 Å².